The number of anilines is 1. The third-order valence-corrected chi connectivity index (χ3v) is 3.93. The minimum atomic E-state index is -0.364. The van der Waals surface area contributed by atoms with Crippen molar-refractivity contribution in [3.8, 4) is 0 Å². The number of nitrogens with one attached hydrogen (secondary N) is 1. The molecular formula is C12H11BrN2O2S. The van der Waals surface area contributed by atoms with E-state index in [1.807, 2.05) is 16.8 Å². The summed E-state index contributed by atoms with van der Waals surface area (Å²) >= 11 is 5.04. The van der Waals surface area contributed by atoms with Crippen LogP contribution in [0.15, 0.2) is 33.4 Å². The molecule has 0 amide bonds. The topological polar surface area (TPSA) is 55.2 Å². The van der Waals surface area contributed by atoms with Gasteiger partial charge in [-0.2, -0.15) is 11.3 Å². The fourth-order valence-electron chi connectivity index (χ4n) is 1.58. The predicted molar refractivity (Wildman–Crippen MR) is 77.2 cm³/mol. The lowest BCUT2D eigenvalue weighted by atomic mass is 10.2. The molecule has 0 atom stereocenters. The number of nitrogens with zero attached hydrogens (tertiary/aromatic N) is 1. The Bertz CT molecular complexity index is 570. The summed E-state index contributed by atoms with van der Waals surface area (Å²) in [6.45, 7) is 2.38. The number of rotatable bonds is 4. The van der Waals surface area contributed by atoms with Gasteiger partial charge in [-0.15, -0.1) is 0 Å². The van der Waals surface area contributed by atoms with Gasteiger partial charge in [0.15, 0.2) is 0 Å². The fraction of sp³-hybridized carbons (Fsp3) is 0.167. The summed E-state index contributed by atoms with van der Waals surface area (Å²) in [6, 6.07) is 5.34. The molecule has 0 fully saturated rings. The molecule has 0 saturated carbocycles. The first-order valence-electron chi connectivity index (χ1n) is 5.27. The second kappa shape index (κ2) is 5.49. The summed E-state index contributed by atoms with van der Waals surface area (Å²) in [5, 5.41) is 18.1. The van der Waals surface area contributed by atoms with Crippen LogP contribution in [0.4, 0.5) is 11.4 Å². The molecule has 0 bridgehead atoms. The molecule has 1 N–H and O–H groups in total. The Morgan fingerprint density at radius 3 is 2.89 bits per heavy atom. The van der Waals surface area contributed by atoms with E-state index in [4.69, 9.17) is 0 Å². The molecule has 0 spiro atoms. The first-order chi connectivity index (χ1) is 8.58. The summed E-state index contributed by atoms with van der Waals surface area (Å²) in [7, 11) is 0. The second-order valence-electron chi connectivity index (χ2n) is 3.86. The van der Waals surface area contributed by atoms with Gasteiger partial charge in [0.25, 0.3) is 5.69 Å². The molecule has 1 aromatic heterocycles. The molecule has 0 saturated heterocycles. The first kappa shape index (κ1) is 13.0. The molecule has 0 radical (unpaired) electrons. The maximum absolute atomic E-state index is 10.9. The van der Waals surface area contributed by atoms with Crippen LogP contribution >= 0.6 is 27.3 Å². The summed E-state index contributed by atoms with van der Waals surface area (Å²) in [6.07, 6.45) is 0. The van der Waals surface area contributed by atoms with Crippen LogP contribution in [-0.4, -0.2) is 4.92 Å². The Morgan fingerprint density at radius 1 is 1.50 bits per heavy atom. The monoisotopic (exact) mass is 326 g/mol. The van der Waals surface area contributed by atoms with Crippen LogP contribution in [0.3, 0.4) is 0 Å². The Balaban J connectivity index is 2.22. The van der Waals surface area contributed by atoms with E-state index in [-0.39, 0.29) is 10.6 Å². The number of halogens is 1. The fourth-order valence-corrected chi connectivity index (χ4v) is 2.85. The largest absolute Gasteiger partial charge is 0.380 e. The van der Waals surface area contributed by atoms with Crippen molar-refractivity contribution in [2.45, 2.75) is 13.5 Å². The van der Waals surface area contributed by atoms with Crippen LogP contribution in [-0.2, 0) is 6.54 Å². The molecule has 0 aliphatic carbocycles. The lowest BCUT2D eigenvalue weighted by Crippen LogP contribution is -2.01. The molecule has 18 heavy (non-hydrogen) atoms. The van der Waals surface area contributed by atoms with E-state index in [0.717, 1.165) is 15.7 Å². The highest BCUT2D eigenvalue weighted by atomic mass is 79.9. The highest BCUT2D eigenvalue weighted by Crippen LogP contribution is 2.31. The molecule has 1 heterocycles. The van der Waals surface area contributed by atoms with Gasteiger partial charge in [-0.3, -0.25) is 10.1 Å². The first-order valence-corrected chi connectivity index (χ1v) is 7.01. The van der Waals surface area contributed by atoms with Gasteiger partial charge in [-0.05, 0) is 51.3 Å². The third-order valence-electron chi connectivity index (χ3n) is 2.55. The summed E-state index contributed by atoms with van der Waals surface area (Å²) in [5.41, 5.74) is 2.67. The third kappa shape index (κ3) is 2.88. The standard InChI is InChI=1S/C12H11BrN2O2S/c1-8-4-10(13)11(5-12(8)15(16)17)14-6-9-2-3-18-7-9/h2-5,7,14H,6H2,1H3. The number of hydrogen-bond donors (Lipinski definition) is 1. The molecular weight excluding hydrogens is 316 g/mol. The molecule has 0 aliphatic rings. The van der Waals surface area contributed by atoms with Gasteiger partial charge in [-0.25, -0.2) is 0 Å². The van der Waals surface area contributed by atoms with E-state index in [2.05, 4.69) is 21.2 Å². The Hall–Kier alpha value is -1.40. The average molecular weight is 327 g/mol. The number of thiophene rings is 1. The zero-order chi connectivity index (χ0) is 13.1. The van der Waals surface area contributed by atoms with Gasteiger partial charge < -0.3 is 5.32 Å². The molecule has 2 rings (SSSR count). The lowest BCUT2D eigenvalue weighted by Gasteiger charge is -2.09. The predicted octanol–water partition coefficient (Wildman–Crippen LogP) is 4.34. The number of aryl methyl sites for hydroxylation is 1. The van der Waals surface area contributed by atoms with E-state index < -0.39 is 0 Å². The normalized spacial score (nSPS) is 10.3. The second-order valence-corrected chi connectivity index (χ2v) is 5.50. The summed E-state index contributed by atoms with van der Waals surface area (Å²) in [5.74, 6) is 0. The summed E-state index contributed by atoms with van der Waals surface area (Å²) in [4.78, 5) is 10.5. The zero-order valence-electron chi connectivity index (χ0n) is 9.64. The van der Waals surface area contributed by atoms with Crippen LogP contribution < -0.4 is 5.32 Å². The average Bonchev–Trinajstić information content (AvgIpc) is 2.80. The lowest BCUT2D eigenvalue weighted by molar-refractivity contribution is -0.385. The molecule has 94 valence electrons. The number of nitro groups is 1. The molecule has 2 aromatic rings. The van der Waals surface area contributed by atoms with Crippen molar-refractivity contribution in [2.24, 2.45) is 0 Å². The van der Waals surface area contributed by atoms with Gasteiger partial charge in [0, 0.05) is 22.6 Å². The molecule has 0 unspecified atom stereocenters. The smallest absolute Gasteiger partial charge is 0.274 e. The van der Waals surface area contributed by atoms with Gasteiger partial charge in [0.05, 0.1) is 10.6 Å². The van der Waals surface area contributed by atoms with Crippen molar-refractivity contribution in [1.29, 1.82) is 0 Å². The minimum absolute atomic E-state index is 0.131. The van der Waals surface area contributed by atoms with E-state index in [9.17, 15) is 10.1 Å². The highest BCUT2D eigenvalue weighted by Gasteiger charge is 2.14. The van der Waals surface area contributed by atoms with Crippen molar-refractivity contribution in [1.82, 2.24) is 0 Å². The SMILES string of the molecule is Cc1cc(Br)c(NCc2ccsc2)cc1[N+](=O)[O-]. The van der Waals surface area contributed by atoms with Crippen molar-refractivity contribution >= 4 is 38.6 Å². The van der Waals surface area contributed by atoms with E-state index in [0.29, 0.717) is 12.1 Å². The van der Waals surface area contributed by atoms with Crippen LogP contribution in [0.2, 0.25) is 0 Å². The Labute approximate surface area is 117 Å². The number of hydrogen-bond acceptors (Lipinski definition) is 4. The van der Waals surface area contributed by atoms with Crippen LogP contribution in [0, 0.1) is 17.0 Å². The highest BCUT2D eigenvalue weighted by molar-refractivity contribution is 9.10. The van der Waals surface area contributed by atoms with Crippen molar-refractivity contribution in [3.05, 3.63) is 54.7 Å². The van der Waals surface area contributed by atoms with Gasteiger partial charge in [0.1, 0.15) is 0 Å². The number of nitro benzene ring substituents is 1. The molecule has 0 aliphatic heterocycles. The van der Waals surface area contributed by atoms with Crippen molar-refractivity contribution < 1.29 is 4.92 Å². The van der Waals surface area contributed by atoms with Gasteiger partial charge in [0.2, 0.25) is 0 Å². The van der Waals surface area contributed by atoms with E-state index in [1.165, 1.54) is 0 Å². The van der Waals surface area contributed by atoms with Gasteiger partial charge in [-0.1, -0.05) is 0 Å². The maximum atomic E-state index is 10.9. The molecule has 4 nitrogen and oxygen atoms in total. The van der Waals surface area contributed by atoms with Crippen molar-refractivity contribution in [2.75, 3.05) is 5.32 Å². The Kier molecular flexibility index (Phi) is 3.98. The van der Waals surface area contributed by atoms with E-state index >= 15 is 0 Å². The summed E-state index contributed by atoms with van der Waals surface area (Å²) < 4.78 is 0.834. The Morgan fingerprint density at radius 2 is 2.28 bits per heavy atom. The van der Waals surface area contributed by atoms with E-state index in [1.54, 1.807) is 30.4 Å². The van der Waals surface area contributed by atoms with Crippen LogP contribution in [0.25, 0.3) is 0 Å². The molecule has 6 heteroatoms. The maximum Gasteiger partial charge on any atom is 0.274 e. The minimum Gasteiger partial charge on any atom is -0.380 e. The van der Waals surface area contributed by atoms with Crippen molar-refractivity contribution in [3.63, 3.8) is 0 Å². The van der Waals surface area contributed by atoms with Crippen LogP contribution in [0.1, 0.15) is 11.1 Å². The quantitative estimate of drug-likeness (QED) is 0.671. The van der Waals surface area contributed by atoms with Gasteiger partial charge >= 0.3 is 0 Å². The number of benzene rings is 1. The zero-order valence-corrected chi connectivity index (χ0v) is 12.0. The molecule has 1 aromatic carbocycles. The van der Waals surface area contributed by atoms with Crippen LogP contribution in [0.5, 0.6) is 0 Å².